The minimum absolute atomic E-state index is 0.225. The predicted octanol–water partition coefficient (Wildman–Crippen LogP) is 2.17. The van der Waals surface area contributed by atoms with Crippen LogP contribution < -0.4 is 11.1 Å². The lowest BCUT2D eigenvalue weighted by Crippen LogP contribution is -2.29. The normalized spacial score (nSPS) is 12.0. The maximum Gasteiger partial charge on any atom is 0.253 e. The molecule has 23 heavy (non-hydrogen) atoms. The number of pyridine rings is 1. The van der Waals surface area contributed by atoms with Crippen molar-refractivity contribution in [3.8, 4) is 0 Å². The van der Waals surface area contributed by atoms with Gasteiger partial charge in [0.2, 0.25) is 0 Å². The van der Waals surface area contributed by atoms with E-state index >= 15 is 0 Å². The lowest BCUT2D eigenvalue weighted by Gasteiger charge is -2.13. The third-order valence-electron chi connectivity index (χ3n) is 3.72. The average Bonchev–Trinajstić information content (AvgIpc) is 2.59. The first-order valence-corrected chi connectivity index (χ1v) is 7.29. The van der Waals surface area contributed by atoms with E-state index in [9.17, 15) is 9.90 Å². The van der Waals surface area contributed by atoms with E-state index in [0.717, 1.165) is 10.8 Å². The van der Waals surface area contributed by atoms with E-state index < -0.39 is 12.0 Å². The van der Waals surface area contributed by atoms with Crippen LogP contribution in [0.5, 0.6) is 0 Å². The molecule has 1 heterocycles. The summed E-state index contributed by atoms with van der Waals surface area (Å²) in [5.41, 5.74) is 7.00. The van der Waals surface area contributed by atoms with Crippen molar-refractivity contribution in [1.29, 1.82) is 0 Å². The van der Waals surface area contributed by atoms with Crippen molar-refractivity contribution < 1.29 is 9.90 Å². The van der Waals surface area contributed by atoms with Crippen LogP contribution in [0.15, 0.2) is 60.8 Å². The zero-order valence-electron chi connectivity index (χ0n) is 12.4. The van der Waals surface area contributed by atoms with Gasteiger partial charge >= 0.3 is 0 Å². The van der Waals surface area contributed by atoms with E-state index in [1.165, 1.54) is 0 Å². The Morgan fingerprint density at radius 3 is 2.70 bits per heavy atom. The lowest BCUT2D eigenvalue weighted by atomic mass is 10.0. The molecule has 0 spiro atoms. The molecule has 3 rings (SSSR count). The molecule has 0 saturated carbocycles. The number of aliphatic hydroxyl groups is 1. The highest BCUT2D eigenvalue weighted by Gasteiger charge is 2.17. The number of hydrogen-bond donors (Lipinski definition) is 3. The molecule has 5 nitrogen and oxygen atoms in total. The molecule has 0 saturated heterocycles. The van der Waals surface area contributed by atoms with Crippen LogP contribution in [-0.4, -0.2) is 16.0 Å². The number of benzene rings is 2. The summed E-state index contributed by atoms with van der Waals surface area (Å²) in [6.07, 6.45) is 0.363. The van der Waals surface area contributed by atoms with Gasteiger partial charge in [0.25, 0.3) is 5.91 Å². The summed E-state index contributed by atoms with van der Waals surface area (Å²) in [5, 5.41) is 15.0. The SMILES string of the molecule is Nc1ncccc1CNC(=O)[C@H](O)c1ccc2ccccc2c1. The highest BCUT2D eigenvalue weighted by molar-refractivity contribution is 5.86. The number of nitrogens with zero attached hydrogens (tertiary/aromatic N) is 1. The molecule has 0 unspecified atom stereocenters. The molecule has 1 aromatic heterocycles. The van der Waals surface area contributed by atoms with E-state index in [4.69, 9.17) is 5.73 Å². The minimum Gasteiger partial charge on any atom is -0.383 e. The molecule has 0 aliphatic carbocycles. The fourth-order valence-electron chi connectivity index (χ4n) is 2.41. The highest BCUT2D eigenvalue weighted by Crippen LogP contribution is 2.20. The van der Waals surface area contributed by atoms with Crippen LogP contribution >= 0.6 is 0 Å². The third-order valence-corrected chi connectivity index (χ3v) is 3.72. The highest BCUT2D eigenvalue weighted by atomic mass is 16.3. The van der Waals surface area contributed by atoms with Crippen LogP contribution in [0.2, 0.25) is 0 Å². The Labute approximate surface area is 133 Å². The number of nitrogens with one attached hydrogen (secondary N) is 1. The molecule has 0 bridgehead atoms. The van der Waals surface area contributed by atoms with Crippen LogP contribution in [0.1, 0.15) is 17.2 Å². The first-order valence-electron chi connectivity index (χ1n) is 7.29. The van der Waals surface area contributed by atoms with E-state index in [1.807, 2.05) is 36.4 Å². The summed E-state index contributed by atoms with van der Waals surface area (Å²) in [6, 6.07) is 16.8. The summed E-state index contributed by atoms with van der Waals surface area (Å²) >= 11 is 0. The van der Waals surface area contributed by atoms with Gasteiger partial charge in [-0.25, -0.2) is 4.98 Å². The number of fused-ring (bicyclic) bond motifs is 1. The molecule has 0 fully saturated rings. The fourth-order valence-corrected chi connectivity index (χ4v) is 2.41. The molecular weight excluding hydrogens is 290 g/mol. The number of nitrogen functional groups attached to an aromatic ring is 1. The first kappa shape index (κ1) is 15.0. The predicted molar refractivity (Wildman–Crippen MR) is 89.4 cm³/mol. The Kier molecular flexibility index (Phi) is 4.21. The Morgan fingerprint density at radius 2 is 1.91 bits per heavy atom. The summed E-state index contributed by atoms with van der Waals surface area (Å²) in [4.78, 5) is 16.1. The maximum atomic E-state index is 12.1. The smallest absolute Gasteiger partial charge is 0.253 e. The zero-order valence-corrected chi connectivity index (χ0v) is 12.4. The molecule has 5 heteroatoms. The van der Waals surface area contributed by atoms with Gasteiger partial charge in [0.1, 0.15) is 5.82 Å². The molecule has 2 aromatic carbocycles. The summed E-state index contributed by atoms with van der Waals surface area (Å²) in [5.74, 6) is -0.100. The van der Waals surface area contributed by atoms with Gasteiger partial charge in [0.05, 0.1) is 0 Å². The number of amides is 1. The average molecular weight is 307 g/mol. The number of carbonyl (C=O) groups excluding carboxylic acids is 1. The largest absolute Gasteiger partial charge is 0.383 e. The number of hydrogen-bond acceptors (Lipinski definition) is 4. The zero-order chi connectivity index (χ0) is 16.2. The Morgan fingerprint density at radius 1 is 1.13 bits per heavy atom. The molecular formula is C18H17N3O2. The summed E-state index contributed by atoms with van der Waals surface area (Å²) in [6.45, 7) is 0.225. The molecule has 4 N–H and O–H groups in total. The molecule has 1 amide bonds. The van der Waals surface area contributed by atoms with Gasteiger partial charge in [-0.15, -0.1) is 0 Å². The van der Waals surface area contributed by atoms with Gasteiger partial charge in [-0.3, -0.25) is 4.79 Å². The van der Waals surface area contributed by atoms with Gasteiger partial charge in [0.15, 0.2) is 6.10 Å². The molecule has 116 valence electrons. The number of aromatic nitrogens is 1. The topological polar surface area (TPSA) is 88.2 Å². The Bertz CT molecular complexity index is 848. The van der Waals surface area contributed by atoms with Gasteiger partial charge < -0.3 is 16.2 Å². The minimum atomic E-state index is -1.22. The van der Waals surface area contributed by atoms with E-state index in [1.54, 1.807) is 24.4 Å². The van der Waals surface area contributed by atoms with Crippen molar-refractivity contribution in [1.82, 2.24) is 10.3 Å². The standard InChI is InChI=1S/C18H17N3O2/c19-17-15(6-3-9-20-17)11-21-18(23)16(22)14-8-7-12-4-1-2-5-13(12)10-14/h1-10,16,22H,11H2,(H2,19,20)(H,21,23)/t16-/m1/s1. The molecule has 0 aliphatic heterocycles. The van der Waals surface area contributed by atoms with E-state index in [0.29, 0.717) is 16.9 Å². The Hall–Kier alpha value is -2.92. The summed E-state index contributed by atoms with van der Waals surface area (Å²) < 4.78 is 0. The second kappa shape index (κ2) is 6.46. The second-order valence-electron chi connectivity index (χ2n) is 5.27. The van der Waals surface area contributed by atoms with Crippen LogP contribution in [-0.2, 0) is 11.3 Å². The van der Waals surface area contributed by atoms with Gasteiger partial charge in [-0.1, -0.05) is 42.5 Å². The number of nitrogens with two attached hydrogens (primary N) is 1. The van der Waals surface area contributed by atoms with Crippen molar-refractivity contribution in [3.05, 3.63) is 71.9 Å². The molecule has 0 radical (unpaired) electrons. The Balaban J connectivity index is 1.72. The lowest BCUT2D eigenvalue weighted by molar-refractivity contribution is -0.129. The first-order chi connectivity index (χ1) is 11.1. The number of rotatable bonds is 4. The van der Waals surface area contributed by atoms with Gasteiger partial charge in [0, 0.05) is 18.3 Å². The van der Waals surface area contributed by atoms with Crippen molar-refractivity contribution in [2.75, 3.05) is 5.73 Å². The van der Waals surface area contributed by atoms with Gasteiger partial charge in [-0.2, -0.15) is 0 Å². The number of carbonyl (C=O) groups is 1. The molecule has 1 atom stereocenters. The number of aliphatic hydroxyl groups excluding tert-OH is 1. The van der Waals surface area contributed by atoms with Crippen molar-refractivity contribution in [3.63, 3.8) is 0 Å². The van der Waals surface area contributed by atoms with Crippen molar-refractivity contribution in [2.24, 2.45) is 0 Å². The molecule has 3 aromatic rings. The van der Waals surface area contributed by atoms with Crippen LogP contribution in [0.25, 0.3) is 10.8 Å². The van der Waals surface area contributed by atoms with E-state index in [2.05, 4.69) is 10.3 Å². The van der Waals surface area contributed by atoms with Gasteiger partial charge in [-0.05, 0) is 28.5 Å². The summed E-state index contributed by atoms with van der Waals surface area (Å²) in [7, 11) is 0. The monoisotopic (exact) mass is 307 g/mol. The number of anilines is 1. The van der Waals surface area contributed by atoms with Crippen LogP contribution in [0.3, 0.4) is 0 Å². The second-order valence-corrected chi connectivity index (χ2v) is 5.27. The quantitative estimate of drug-likeness (QED) is 0.689. The third kappa shape index (κ3) is 3.30. The fraction of sp³-hybridized carbons (Fsp3) is 0.111. The van der Waals surface area contributed by atoms with Crippen molar-refractivity contribution >= 4 is 22.5 Å². The van der Waals surface area contributed by atoms with Crippen LogP contribution in [0, 0.1) is 0 Å². The van der Waals surface area contributed by atoms with Crippen LogP contribution in [0.4, 0.5) is 5.82 Å². The maximum absolute atomic E-state index is 12.1. The van der Waals surface area contributed by atoms with Crippen molar-refractivity contribution in [2.45, 2.75) is 12.6 Å². The molecule has 0 aliphatic rings. The van der Waals surface area contributed by atoms with E-state index in [-0.39, 0.29) is 6.54 Å².